The van der Waals surface area contributed by atoms with E-state index in [0.717, 1.165) is 4.47 Å². The van der Waals surface area contributed by atoms with Gasteiger partial charge in [0.25, 0.3) is 0 Å². The van der Waals surface area contributed by atoms with Gasteiger partial charge < -0.3 is 10.5 Å². The van der Waals surface area contributed by atoms with Crippen LogP contribution < -0.4 is 10.5 Å². The lowest BCUT2D eigenvalue weighted by atomic mass is 10.0. The molecule has 0 amide bonds. The van der Waals surface area contributed by atoms with Crippen molar-refractivity contribution in [2.45, 2.75) is 32.0 Å². The molecule has 0 saturated heterocycles. The van der Waals surface area contributed by atoms with Crippen LogP contribution in [0.4, 0.5) is 13.2 Å². The van der Waals surface area contributed by atoms with Crippen molar-refractivity contribution in [3.8, 4) is 5.75 Å². The highest BCUT2D eigenvalue weighted by Gasteiger charge is 2.41. The largest absolute Gasteiger partial charge is 0.479 e. The second-order valence-electron chi connectivity index (χ2n) is 4.22. The van der Waals surface area contributed by atoms with Crippen LogP contribution in [0.15, 0.2) is 22.7 Å². The molecule has 1 atom stereocenters. The number of ether oxygens (including phenoxy) is 1. The Bertz CT molecular complexity index is 407. The van der Waals surface area contributed by atoms with E-state index in [4.69, 9.17) is 10.5 Å². The molecule has 0 aromatic heterocycles. The molecule has 1 unspecified atom stereocenters. The van der Waals surface area contributed by atoms with Crippen molar-refractivity contribution in [1.29, 1.82) is 0 Å². The first-order valence-corrected chi connectivity index (χ1v) is 6.28. The van der Waals surface area contributed by atoms with E-state index in [2.05, 4.69) is 15.9 Å². The molecule has 1 rings (SSSR count). The zero-order chi connectivity index (χ0) is 13.9. The van der Waals surface area contributed by atoms with Gasteiger partial charge in [0, 0.05) is 11.0 Å². The number of hydrogen-bond donors (Lipinski definition) is 1. The average Bonchev–Trinajstić information content (AvgIpc) is 2.25. The Kier molecular flexibility index (Phi) is 5.04. The molecule has 0 aliphatic carbocycles. The third-order valence-electron chi connectivity index (χ3n) is 2.44. The van der Waals surface area contributed by atoms with Crippen LogP contribution in [-0.4, -0.2) is 18.8 Å². The SMILES string of the molecule is CC(C)c1cc(Br)ccc1OC(CN)C(F)(F)F. The maximum atomic E-state index is 12.6. The highest BCUT2D eigenvalue weighted by atomic mass is 79.9. The fraction of sp³-hybridized carbons (Fsp3) is 0.500. The third-order valence-corrected chi connectivity index (χ3v) is 2.94. The smallest absolute Gasteiger partial charge is 0.426 e. The lowest BCUT2D eigenvalue weighted by Gasteiger charge is -2.23. The summed E-state index contributed by atoms with van der Waals surface area (Å²) >= 11 is 3.28. The topological polar surface area (TPSA) is 35.2 Å². The maximum Gasteiger partial charge on any atom is 0.426 e. The molecule has 0 saturated carbocycles. The molecule has 0 radical (unpaired) electrons. The summed E-state index contributed by atoms with van der Waals surface area (Å²) in [5.74, 6) is 0.283. The molecular weight excluding hydrogens is 311 g/mol. The minimum absolute atomic E-state index is 0.0594. The second-order valence-corrected chi connectivity index (χ2v) is 5.14. The monoisotopic (exact) mass is 325 g/mol. The summed E-state index contributed by atoms with van der Waals surface area (Å²) in [4.78, 5) is 0. The Labute approximate surface area is 112 Å². The van der Waals surface area contributed by atoms with E-state index < -0.39 is 18.8 Å². The summed E-state index contributed by atoms with van der Waals surface area (Å²) in [6.45, 7) is 3.18. The lowest BCUT2D eigenvalue weighted by Crippen LogP contribution is -2.41. The highest BCUT2D eigenvalue weighted by molar-refractivity contribution is 9.10. The molecule has 0 bridgehead atoms. The van der Waals surface area contributed by atoms with E-state index in [1.54, 1.807) is 12.1 Å². The predicted octanol–water partition coefficient (Wildman–Crippen LogP) is 3.84. The Morgan fingerprint density at radius 3 is 2.39 bits per heavy atom. The molecule has 1 aromatic carbocycles. The van der Waals surface area contributed by atoms with Crippen LogP contribution in [0.25, 0.3) is 0 Å². The fourth-order valence-corrected chi connectivity index (χ4v) is 1.86. The van der Waals surface area contributed by atoms with Gasteiger partial charge >= 0.3 is 6.18 Å². The van der Waals surface area contributed by atoms with Gasteiger partial charge in [0.1, 0.15) is 5.75 Å². The lowest BCUT2D eigenvalue weighted by molar-refractivity contribution is -0.191. The molecule has 0 fully saturated rings. The Hall–Kier alpha value is -0.750. The Morgan fingerprint density at radius 2 is 1.94 bits per heavy atom. The Balaban J connectivity index is 3.03. The number of halogens is 4. The van der Waals surface area contributed by atoms with E-state index in [1.807, 2.05) is 13.8 Å². The molecule has 18 heavy (non-hydrogen) atoms. The van der Waals surface area contributed by atoms with E-state index in [1.165, 1.54) is 6.07 Å². The van der Waals surface area contributed by atoms with Crippen LogP contribution in [-0.2, 0) is 0 Å². The summed E-state index contributed by atoms with van der Waals surface area (Å²) in [5.41, 5.74) is 5.82. The molecule has 102 valence electrons. The molecule has 0 aliphatic rings. The maximum absolute atomic E-state index is 12.6. The van der Waals surface area contributed by atoms with Crippen LogP contribution in [0.3, 0.4) is 0 Å². The van der Waals surface area contributed by atoms with Crippen LogP contribution in [0.2, 0.25) is 0 Å². The van der Waals surface area contributed by atoms with Gasteiger partial charge in [-0.05, 0) is 29.7 Å². The van der Waals surface area contributed by atoms with E-state index in [-0.39, 0.29) is 11.7 Å². The van der Waals surface area contributed by atoms with Gasteiger partial charge in [-0.1, -0.05) is 29.8 Å². The van der Waals surface area contributed by atoms with Gasteiger partial charge in [-0.25, -0.2) is 0 Å². The van der Waals surface area contributed by atoms with Crippen molar-refractivity contribution in [3.63, 3.8) is 0 Å². The van der Waals surface area contributed by atoms with Crippen molar-refractivity contribution < 1.29 is 17.9 Å². The van der Waals surface area contributed by atoms with Crippen molar-refractivity contribution in [3.05, 3.63) is 28.2 Å². The quantitative estimate of drug-likeness (QED) is 0.912. The van der Waals surface area contributed by atoms with E-state index in [0.29, 0.717) is 5.56 Å². The van der Waals surface area contributed by atoms with Crippen molar-refractivity contribution in [2.24, 2.45) is 5.73 Å². The van der Waals surface area contributed by atoms with Crippen LogP contribution in [0, 0.1) is 0 Å². The molecule has 2 N–H and O–H groups in total. The fourth-order valence-electron chi connectivity index (χ4n) is 1.48. The zero-order valence-electron chi connectivity index (χ0n) is 10.1. The van der Waals surface area contributed by atoms with Crippen molar-refractivity contribution >= 4 is 15.9 Å². The van der Waals surface area contributed by atoms with Gasteiger partial charge in [0.2, 0.25) is 6.10 Å². The molecule has 0 aliphatic heterocycles. The van der Waals surface area contributed by atoms with Gasteiger partial charge in [-0.2, -0.15) is 13.2 Å². The number of hydrogen-bond acceptors (Lipinski definition) is 2. The van der Waals surface area contributed by atoms with Crippen LogP contribution in [0.1, 0.15) is 25.3 Å². The number of nitrogens with two attached hydrogens (primary N) is 1. The molecule has 0 spiro atoms. The molecule has 1 aromatic rings. The minimum atomic E-state index is -4.46. The van der Waals surface area contributed by atoms with Crippen molar-refractivity contribution in [1.82, 2.24) is 0 Å². The summed E-state index contributed by atoms with van der Waals surface area (Å²) in [6.07, 6.45) is -6.44. The average molecular weight is 326 g/mol. The molecule has 2 nitrogen and oxygen atoms in total. The third kappa shape index (κ3) is 3.88. The van der Waals surface area contributed by atoms with E-state index >= 15 is 0 Å². The standard InChI is InChI=1S/C12H15BrF3NO/c1-7(2)9-5-8(13)3-4-10(9)18-11(6-17)12(14,15)16/h3-5,7,11H,6,17H2,1-2H3. The first kappa shape index (κ1) is 15.3. The number of rotatable bonds is 4. The summed E-state index contributed by atoms with van der Waals surface area (Å²) in [5, 5.41) is 0. The highest BCUT2D eigenvalue weighted by Crippen LogP contribution is 2.32. The van der Waals surface area contributed by atoms with Gasteiger partial charge in [0.15, 0.2) is 0 Å². The van der Waals surface area contributed by atoms with Crippen LogP contribution in [0.5, 0.6) is 5.75 Å². The van der Waals surface area contributed by atoms with Crippen molar-refractivity contribution in [2.75, 3.05) is 6.54 Å². The normalized spacial score (nSPS) is 13.8. The predicted molar refractivity (Wildman–Crippen MR) is 67.8 cm³/mol. The van der Waals surface area contributed by atoms with Gasteiger partial charge in [-0.15, -0.1) is 0 Å². The summed E-state index contributed by atoms with van der Waals surface area (Å²) in [6, 6.07) is 4.92. The van der Waals surface area contributed by atoms with Gasteiger partial charge in [0.05, 0.1) is 0 Å². The van der Waals surface area contributed by atoms with E-state index in [9.17, 15) is 13.2 Å². The number of benzene rings is 1. The molecule has 0 heterocycles. The first-order valence-electron chi connectivity index (χ1n) is 5.48. The summed E-state index contributed by atoms with van der Waals surface area (Å²) < 4.78 is 43.6. The molecular formula is C12H15BrF3NO. The summed E-state index contributed by atoms with van der Waals surface area (Å²) in [7, 11) is 0. The molecule has 6 heteroatoms. The van der Waals surface area contributed by atoms with Crippen LogP contribution >= 0.6 is 15.9 Å². The van der Waals surface area contributed by atoms with Gasteiger partial charge in [-0.3, -0.25) is 0 Å². The second kappa shape index (κ2) is 5.93. The minimum Gasteiger partial charge on any atom is -0.479 e. The Morgan fingerprint density at radius 1 is 1.33 bits per heavy atom. The zero-order valence-corrected chi connectivity index (χ0v) is 11.7. The number of alkyl halides is 3. The first-order chi connectivity index (χ1) is 8.25.